The first-order valence-corrected chi connectivity index (χ1v) is 14.1. The number of aliphatic carboxylic acids is 2. The zero-order valence-corrected chi connectivity index (χ0v) is 25.8. The molecular formula is C34H28CuN4O5-6. The number of nitrogens with zero attached hydrogens (tertiary/aromatic N) is 4. The Balaban J connectivity index is 0.00000384. The van der Waals surface area contributed by atoms with Crippen LogP contribution in [0.1, 0.15) is 85.4 Å². The molecule has 1 atom stereocenters. The van der Waals surface area contributed by atoms with Crippen LogP contribution in [0.4, 0.5) is 0 Å². The van der Waals surface area contributed by atoms with Gasteiger partial charge >= 0.3 is 0 Å². The van der Waals surface area contributed by atoms with E-state index < -0.39 is 23.6 Å². The van der Waals surface area contributed by atoms with Gasteiger partial charge in [-0.05, 0) is 52.5 Å². The van der Waals surface area contributed by atoms with E-state index >= 15 is 0 Å². The van der Waals surface area contributed by atoms with Crippen LogP contribution in [-0.2, 0) is 39.5 Å². The van der Waals surface area contributed by atoms with Gasteiger partial charge in [-0.25, -0.2) is 0 Å². The van der Waals surface area contributed by atoms with Gasteiger partial charge in [0, 0.05) is 28.6 Å². The number of carbonyl (C=O) groups is 3. The molecule has 0 amide bonds. The predicted molar refractivity (Wildman–Crippen MR) is 155 cm³/mol. The first kappa shape index (κ1) is 30.9. The molecule has 9 nitrogen and oxygen atoms in total. The number of hydrogen-bond donors (Lipinski definition) is 0. The van der Waals surface area contributed by atoms with E-state index in [2.05, 4.69) is 6.58 Å². The fraction of sp³-hybridized carbons (Fsp3) is 0.265. The van der Waals surface area contributed by atoms with Gasteiger partial charge in [-0.2, -0.15) is 0 Å². The van der Waals surface area contributed by atoms with E-state index in [-0.39, 0.29) is 52.1 Å². The first-order chi connectivity index (χ1) is 20.5. The third-order valence-corrected chi connectivity index (χ3v) is 8.78. The summed E-state index contributed by atoms with van der Waals surface area (Å²) in [6.07, 6.45) is 7.72. The zero-order chi connectivity index (χ0) is 30.9. The summed E-state index contributed by atoms with van der Waals surface area (Å²) in [6.45, 7) is 13.5. The van der Waals surface area contributed by atoms with E-state index in [1.165, 1.54) is 0 Å². The number of carboxylic acid groups (broad SMARTS) is 2. The van der Waals surface area contributed by atoms with E-state index in [0.717, 1.165) is 27.9 Å². The molecule has 10 heteroatoms. The second-order valence-electron chi connectivity index (χ2n) is 11.1. The van der Waals surface area contributed by atoms with E-state index in [1.807, 2.05) is 32.9 Å². The maximum absolute atomic E-state index is 13.7. The number of aromatic nitrogens is 4. The Morgan fingerprint density at radius 1 is 0.841 bits per heavy atom. The van der Waals surface area contributed by atoms with Crippen LogP contribution in [0, 0.1) is 33.6 Å². The van der Waals surface area contributed by atoms with Crippen molar-refractivity contribution in [2.45, 2.75) is 53.9 Å². The molecule has 0 saturated carbocycles. The second kappa shape index (κ2) is 11.2. The minimum Gasteiger partial charge on any atom is -0.657 e. The standard InChI is InChI=1S/C34H33N4O5.Cu/c1-7-18-14(3)21-11-23-16(5)20(9-10-27(39)40)31(37-23)29-30(34(42)43)33(41)28-17(6)24(38-32(28)29)13-26-19(8-2)15(4)22(36-26)12-25(18)35-21;/h7,11-13,30H,1,8-10H2,2-6H3,(H5-,35,36,37,38,39,40,41,42,43);/q-1;/p-5/b21-11-,22-12?,23-11?,24-13-,25-12?,26-13?,31-29?;. The molecule has 4 aromatic rings. The fourth-order valence-electron chi connectivity index (χ4n) is 6.42. The molecule has 5 heterocycles. The third-order valence-electron chi connectivity index (χ3n) is 8.78. The number of carboxylic acids is 2. The van der Waals surface area contributed by atoms with Gasteiger partial charge in [0.15, 0.2) is 5.78 Å². The summed E-state index contributed by atoms with van der Waals surface area (Å²) < 4.78 is 0. The van der Waals surface area contributed by atoms with Gasteiger partial charge in [-0.1, -0.05) is 76.8 Å². The summed E-state index contributed by atoms with van der Waals surface area (Å²) in [5.41, 5.74) is 7.94. The minimum atomic E-state index is -1.63. The predicted octanol–water partition coefficient (Wildman–Crippen LogP) is -1.80. The Morgan fingerprint density at radius 2 is 1.45 bits per heavy atom. The number of rotatable bonds is 6. The van der Waals surface area contributed by atoms with Crippen LogP contribution in [0.3, 0.4) is 0 Å². The van der Waals surface area contributed by atoms with Crippen LogP contribution in [0.25, 0.3) is 29.9 Å². The van der Waals surface area contributed by atoms with Gasteiger partial charge in [-0.15, -0.1) is 44.2 Å². The zero-order valence-electron chi connectivity index (χ0n) is 24.8. The average Bonchev–Trinajstić information content (AvgIpc) is 3.68. The van der Waals surface area contributed by atoms with Crippen LogP contribution in [-0.4, -0.2) is 17.7 Å². The molecule has 0 spiro atoms. The van der Waals surface area contributed by atoms with Crippen molar-refractivity contribution in [2.24, 2.45) is 5.92 Å². The second-order valence-corrected chi connectivity index (χ2v) is 11.1. The normalized spacial score (nSPS) is 16.4. The van der Waals surface area contributed by atoms with Crippen LogP contribution in [0.15, 0.2) is 6.58 Å². The number of carbonyl (C=O) groups excluding carboxylic acids is 3. The maximum Gasteiger partial charge on any atom is 0.174 e. The number of hydrogen-bond acceptors (Lipinski definition) is 5. The monoisotopic (exact) mass is 635 g/mol. The van der Waals surface area contributed by atoms with Crippen molar-refractivity contribution >= 4 is 47.6 Å². The molecule has 0 fully saturated rings. The number of fused-ring (bicyclic) bond motifs is 8. The Morgan fingerprint density at radius 3 is 2.09 bits per heavy atom. The summed E-state index contributed by atoms with van der Waals surface area (Å²) >= 11 is 0. The van der Waals surface area contributed by atoms with Crippen molar-refractivity contribution in [3.63, 3.8) is 0 Å². The largest absolute Gasteiger partial charge is 0.657 e. The molecule has 0 aromatic carbocycles. The Bertz CT molecular complexity index is 2170. The van der Waals surface area contributed by atoms with Crippen molar-refractivity contribution in [1.82, 2.24) is 19.9 Å². The molecular weight excluding hydrogens is 608 g/mol. The average molecular weight is 636 g/mol. The van der Waals surface area contributed by atoms with Gasteiger partial charge < -0.3 is 39.7 Å². The van der Waals surface area contributed by atoms with Gasteiger partial charge in [0.1, 0.15) is 0 Å². The first-order valence-electron chi connectivity index (χ1n) is 14.1. The molecule has 1 aliphatic heterocycles. The molecule has 1 unspecified atom stereocenters. The van der Waals surface area contributed by atoms with Crippen LogP contribution >= 0.6 is 0 Å². The van der Waals surface area contributed by atoms with Gasteiger partial charge in [0.25, 0.3) is 0 Å². The molecule has 0 saturated heterocycles. The van der Waals surface area contributed by atoms with E-state index in [1.54, 1.807) is 26.0 Å². The molecule has 1 radical (unpaired) electrons. The molecule has 1 aliphatic carbocycles. The van der Waals surface area contributed by atoms with Crippen molar-refractivity contribution in [3.8, 4) is 0 Å². The third kappa shape index (κ3) is 4.57. The van der Waals surface area contributed by atoms with Gasteiger partial charge in [-0.3, -0.25) is 4.79 Å². The Hall–Kier alpha value is -4.53. The number of Topliss-reactive ketones (excluding diaryl/α,β-unsaturated/α-hetero) is 1. The van der Waals surface area contributed by atoms with Crippen LogP contribution < -0.4 is 51.5 Å². The Labute approximate surface area is 263 Å². The summed E-state index contributed by atoms with van der Waals surface area (Å²) in [4.78, 5) is 57.1. The smallest absolute Gasteiger partial charge is 0.174 e. The van der Waals surface area contributed by atoms with Crippen molar-refractivity contribution in [2.75, 3.05) is 0 Å². The van der Waals surface area contributed by atoms with E-state index in [9.17, 15) is 24.6 Å². The van der Waals surface area contributed by atoms with Gasteiger partial charge in [0.2, 0.25) is 0 Å². The molecule has 231 valence electrons. The van der Waals surface area contributed by atoms with Crippen molar-refractivity contribution < 1.29 is 41.7 Å². The molecule has 0 N–H and O–H groups in total. The fourth-order valence-corrected chi connectivity index (χ4v) is 6.42. The molecule has 4 aromatic heterocycles. The molecule has 6 rings (SSSR count). The van der Waals surface area contributed by atoms with Gasteiger partial charge in [0.05, 0.1) is 11.9 Å². The topological polar surface area (TPSA) is 154 Å². The van der Waals surface area contributed by atoms with Crippen LogP contribution in [0.5, 0.6) is 0 Å². The number of ketones is 1. The van der Waals surface area contributed by atoms with Crippen molar-refractivity contribution in [1.29, 1.82) is 0 Å². The summed E-state index contributed by atoms with van der Waals surface area (Å²) in [7, 11) is 0. The summed E-state index contributed by atoms with van der Waals surface area (Å²) in [5.74, 6) is -5.08. The van der Waals surface area contributed by atoms with E-state index in [0.29, 0.717) is 50.5 Å². The quantitative estimate of drug-likeness (QED) is 0.176. The maximum atomic E-state index is 13.7. The Kier molecular flexibility index (Phi) is 7.86. The van der Waals surface area contributed by atoms with E-state index in [4.69, 9.17) is 19.9 Å². The van der Waals surface area contributed by atoms with Crippen molar-refractivity contribution in [3.05, 3.63) is 95.3 Å². The molecule has 8 bridgehead atoms. The summed E-state index contributed by atoms with van der Waals surface area (Å²) in [6, 6.07) is 0. The SMILES string of the molecule is C=Cc1c(C)/c2[n-]c1=Cc1[n-]c(c(CC)c1C)/C=c1\[n-]c3c(c1C)C(=O)C(C(=O)[O-])C=3c1[n-]c(c(C)c1CCC(=O)[O-])\C=2.[Cu]. The summed E-state index contributed by atoms with van der Waals surface area (Å²) in [5, 5.41) is 26.0. The van der Waals surface area contributed by atoms with Crippen LogP contribution in [0.2, 0.25) is 0 Å². The minimum absolute atomic E-state index is 0. The molecule has 2 aliphatic rings. The molecule has 44 heavy (non-hydrogen) atoms.